The average Bonchev–Trinajstić information content (AvgIpc) is 2.24. The summed E-state index contributed by atoms with van der Waals surface area (Å²) < 4.78 is 37.3. The van der Waals surface area contributed by atoms with E-state index in [-0.39, 0.29) is 12.1 Å². The maximum absolute atomic E-state index is 12.4. The van der Waals surface area contributed by atoms with Gasteiger partial charge < -0.3 is 15.4 Å². The highest BCUT2D eigenvalue weighted by Gasteiger charge is 2.50. The van der Waals surface area contributed by atoms with E-state index in [1.54, 1.807) is 19.9 Å². The molecule has 1 amide bonds. The largest absolute Gasteiger partial charge is 0.417 e. The number of hydrogen-bond donors (Lipinski definition) is 3. The zero-order valence-electron chi connectivity index (χ0n) is 11.9. The van der Waals surface area contributed by atoms with E-state index in [9.17, 15) is 27.9 Å². The van der Waals surface area contributed by atoms with Crippen molar-refractivity contribution in [3.63, 3.8) is 0 Å². The fourth-order valence-corrected chi connectivity index (χ4v) is 1.76. The molecule has 0 saturated heterocycles. The lowest BCUT2D eigenvalue weighted by atomic mass is 10.0. The number of H-pyrrole nitrogens is 1. The van der Waals surface area contributed by atoms with Gasteiger partial charge in [0, 0.05) is 17.8 Å². The number of aliphatic hydroxyl groups is 1. The monoisotopic (exact) mass is 306 g/mol. The van der Waals surface area contributed by atoms with Gasteiger partial charge in [0.15, 0.2) is 5.60 Å². The van der Waals surface area contributed by atoms with Crippen molar-refractivity contribution in [3.05, 3.63) is 33.2 Å². The lowest BCUT2D eigenvalue weighted by Gasteiger charge is -2.25. The zero-order valence-corrected chi connectivity index (χ0v) is 11.9. The van der Waals surface area contributed by atoms with E-state index >= 15 is 0 Å². The number of halogens is 3. The van der Waals surface area contributed by atoms with Crippen LogP contribution in [0.3, 0.4) is 0 Å². The smallest absolute Gasteiger partial charge is 0.380 e. The third-order valence-corrected chi connectivity index (χ3v) is 3.07. The van der Waals surface area contributed by atoms with Crippen molar-refractivity contribution < 1.29 is 23.1 Å². The molecule has 0 saturated carbocycles. The predicted molar refractivity (Wildman–Crippen MR) is 69.7 cm³/mol. The number of aromatic nitrogens is 1. The molecule has 1 aromatic heterocycles. The summed E-state index contributed by atoms with van der Waals surface area (Å²) in [6, 6.07) is 1.69. The maximum Gasteiger partial charge on any atom is 0.417 e. The number of carbonyl (C=O) groups excluding carboxylic acids is 1. The Hall–Kier alpha value is -1.83. The number of hydrogen-bond acceptors (Lipinski definition) is 3. The Labute approximate surface area is 119 Å². The number of carbonyl (C=O) groups is 1. The van der Waals surface area contributed by atoms with Crippen LogP contribution in [0, 0.1) is 13.8 Å². The number of pyridine rings is 1. The van der Waals surface area contributed by atoms with E-state index in [1.807, 2.05) is 0 Å². The third kappa shape index (κ3) is 4.32. The molecule has 118 valence electrons. The zero-order chi connectivity index (χ0) is 16.4. The SMILES string of the molecule is Cc1cc(C)c(CNC(=O)C[C@@](C)(O)C(F)(F)F)c(=O)[nH]1. The molecule has 0 aliphatic rings. The fraction of sp³-hybridized carbons (Fsp3) is 0.538. The average molecular weight is 306 g/mol. The lowest BCUT2D eigenvalue weighted by Crippen LogP contribution is -2.46. The van der Waals surface area contributed by atoms with Gasteiger partial charge in [-0.2, -0.15) is 13.2 Å². The summed E-state index contributed by atoms with van der Waals surface area (Å²) in [4.78, 5) is 25.7. The first-order valence-electron chi connectivity index (χ1n) is 6.19. The van der Waals surface area contributed by atoms with Crippen molar-refractivity contribution in [3.8, 4) is 0 Å². The highest BCUT2D eigenvalue weighted by atomic mass is 19.4. The van der Waals surface area contributed by atoms with Gasteiger partial charge in [0.05, 0.1) is 6.42 Å². The predicted octanol–water partition coefficient (Wildman–Crippen LogP) is 1.31. The van der Waals surface area contributed by atoms with Crippen molar-refractivity contribution >= 4 is 5.91 Å². The lowest BCUT2D eigenvalue weighted by molar-refractivity contribution is -0.253. The maximum atomic E-state index is 12.4. The van der Waals surface area contributed by atoms with Crippen molar-refractivity contribution in [1.82, 2.24) is 10.3 Å². The van der Waals surface area contributed by atoms with Crippen LogP contribution in [-0.4, -0.2) is 27.8 Å². The molecule has 0 aliphatic heterocycles. The molecule has 0 fully saturated rings. The third-order valence-electron chi connectivity index (χ3n) is 3.07. The van der Waals surface area contributed by atoms with Crippen LogP contribution in [0.2, 0.25) is 0 Å². The first-order valence-corrected chi connectivity index (χ1v) is 6.19. The molecular formula is C13H17F3N2O3. The minimum absolute atomic E-state index is 0.200. The van der Waals surface area contributed by atoms with Crippen molar-refractivity contribution in [1.29, 1.82) is 0 Å². The van der Waals surface area contributed by atoms with Gasteiger partial charge in [-0.25, -0.2) is 0 Å². The van der Waals surface area contributed by atoms with Gasteiger partial charge in [0.1, 0.15) is 0 Å². The second kappa shape index (κ2) is 5.88. The van der Waals surface area contributed by atoms with Crippen LogP contribution >= 0.6 is 0 Å². The quantitative estimate of drug-likeness (QED) is 0.784. The summed E-state index contributed by atoms with van der Waals surface area (Å²) in [5.74, 6) is -0.989. The molecule has 0 aliphatic carbocycles. The van der Waals surface area contributed by atoms with Crippen molar-refractivity contribution in [2.45, 2.75) is 45.5 Å². The highest BCUT2D eigenvalue weighted by molar-refractivity contribution is 5.77. The molecule has 0 radical (unpaired) electrons. The molecule has 3 N–H and O–H groups in total. The van der Waals surface area contributed by atoms with E-state index in [0.717, 1.165) is 0 Å². The topological polar surface area (TPSA) is 82.2 Å². The van der Waals surface area contributed by atoms with Crippen LogP contribution in [0.25, 0.3) is 0 Å². The molecule has 0 bridgehead atoms. The molecular weight excluding hydrogens is 289 g/mol. The summed E-state index contributed by atoms with van der Waals surface area (Å²) in [5.41, 5.74) is -1.98. The molecule has 0 aromatic carbocycles. The number of alkyl halides is 3. The van der Waals surface area contributed by atoms with Crippen LogP contribution in [0.15, 0.2) is 10.9 Å². The van der Waals surface area contributed by atoms with Gasteiger partial charge in [-0.15, -0.1) is 0 Å². The first kappa shape index (κ1) is 17.2. The van der Waals surface area contributed by atoms with Crippen LogP contribution < -0.4 is 10.9 Å². The van der Waals surface area contributed by atoms with E-state index < -0.39 is 29.7 Å². The fourth-order valence-electron chi connectivity index (χ4n) is 1.76. The summed E-state index contributed by atoms with van der Waals surface area (Å²) in [6.07, 6.45) is -6.03. The molecule has 1 aromatic rings. The van der Waals surface area contributed by atoms with E-state index in [0.29, 0.717) is 18.2 Å². The Morgan fingerprint density at radius 2 is 1.95 bits per heavy atom. The minimum Gasteiger partial charge on any atom is -0.380 e. The molecule has 21 heavy (non-hydrogen) atoms. The van der Waals surface area contributed by atoms with Crippen LogP contribution in [0.1, 0.15) is 30.2 Å². The number of aromatic amines is 1. The first-order chi connectivity index (χ1) is 9.44. The second-order valence-corrected chi connectivity index (χ2v) is 5.17. The van der Waals surface area contributed by atoms with E-state index in [4.69, 9.17) is 0 Å². The van der Waals surface area contributed by atoms with Crippen LogP contribution in [0.5, 0.6) is 0 Å². The summed E-state index contributed by atoms with van der Waals surface area (Å²) in [7, 11) is 0. The Morgan fingerprint density at radius 1 is 1.38 bits per heavy atom. The molecule has 1 atom stereocenters. The van der Waals surface area contributed by atoms with Gasteiger partial charge in [-0.3, -0.25) is 9.59 Å². The second-order valence-electron chi connectivity index (χ2n) is 5.17. The molecule has 8 heteroatoms. The number of aryl methyl sites for hydroxylation is 2. The van der Waals surface area contributed by atoms with Crippen LogP contribution in [-0.2, 0) is 11.3 Å². The Bertz CT molecular complexity index is 591. The van der Waals surface area contributed by atoms with Crippen molar-refractivity contribution in [2.75, 3.05) is 0 Å². The molecule has 0 unspecified atom stereocenters. The van der Waals surface area contributed by atoms with Gasteiger partial charge in [-0.1, -0.05) is 0 Å². The van der Waals surface area contributed by atoms with Gasteiger partial charge >= 0.3 is 6.18 Å². The number of rotatable bonds is 4. The number of nitrogens with one attached hydrogen (secondary N) is 2. The molecule has 0 spiro atoms. The van der Waals surface area contributed by atoms with Gasteiger partial charge in [-0.05, 0) is 32.4 Å². The van der Waals surface area contributed by atoms with Crippen LogP contribution in [0.4, 0.5) is 13.2 Å². The number of amides is 1. The minimum atomic E-state index is -4.90. The molecule has 1 rings (SSSR count). The Kier molecular flexibility index (Phi) is 4.83. The summed E-state index contributed by atoms with van der Waals surface area (Å²) in [6.45, 7) is 3.68. The van der Waals surface area contributed by atoms with Gasteiger partial charge in [0.25, 0.3) is 5.56 Å². The summed E-state index contributed by atoms with van der Waals surface area (Å²) in [5, 5.41) is 11.4. The van der Waals surface area contributed by atoms with E-state index in [2.05, 4.69) is 10.3 Å². The van der Waals surface area contributed by atoms with Crippen molar-refractivity contribution in [2.24, 2.45) is 0 Å². The van der Waals surface area contributed by atoms with Gasteiger partial charge in [0.2, 0.25) is 5.91 Å². The highest BCUT2D eigenvalue weighted by Crippen LogP contribution is 2.32. The standard InChI is InChI=1S/C13H17F3N2O3/c1-7-4-8(2)18-11(20)9(7)6-17-10(19)5-12(3,21)13(14,15)16/h4,21H,5-6H2,1-3H3,(H,17,19)(H,18,20)/t12-/m1/s1. The van der Waals surface area contributed by atoms with E-state index in [1.165, 1.54) is 0 Å². The summed E-state index contributed by atoms with van der Waals surface area (Å²) >= 11 is 0. The normalized spacial score (nSPS) is 14.6. The molecule has 1 heterocycles. The Morgan fingerprint density at radius 3 is 2.43 bits per heavy atom. The Balaban J connectivity index is 2.73. The molecule has 5 nitrogen and oxygen atoms in total.